The van der Waals surface area contributed by atoms with Gasteiger partial charge >= 0.3 is 5.97 Å². The summed E-state index contributed by atoms with van der Waals surface area (Å²) in [5.74, 6) is -1.40. The molecule has 20 heavy (non-hydrogen) atoms. The molecule has 108 valence electrons. The number of carbonyl (C=O) groups is 2. The Morgan fingerprint density at radius 1 is 1.35 bits per heavy atom. The SMILES string of the molecule is COCc1ccc(C(=O)N2CCC(C(=O)O)C2C)cc1. The molecule has 5 nitrogen and oxygen atoms in total. The second-order valence-electron chi connectivity index (χ2n) is 5.10. The minimum atomic E-state index is -0.830. The molecule has 1 saturated heterocycles. The van der Waals surface area contributed by atoms with E-state index in [2.05, 4.69) is 0 Å². The van der Waals surface area contributed by atoms with Crippen LogP contribution in [0.1, 0.15) is 29.3 Å². The fourth-order valence-corrected chi connectivity index (χ4v) is 2.63. The summed E-state index contributed by atoms with van der Waals surface area (Å²) in [7, 11) is 1.62. The molecular formula is C15H19NO4. The number of benzene rings is 1. The predicted octanol–water partition coefficient (Wildman–Crippen LogP) is 1.77. The van der Waals surface area contributed by atoms with Crippen LogP contribution in [-0.4, -0.2) is 41.6 Å². The first-order valence-corrected chi connectivity index (χ1v) is 6.66. The van der Waals surface area contributed by atoms with Gasteiger partial charge in [-0.2, -0.15) is 0 Å². The van der Waals surface area contributed by atoms with Crippen molar-refractivity contribution in [3.05, 3.63) is 35.4 Å². The summed E-state index contributed by atoms with van der Waals surface area (Å²) in [6.07, 6.45) is 0.518. The molecule has 1 aromatic rings. The molecule has 5 heteroatoms. The van der Waals surface area contributed by atoms with Gasteiger partial charge in [-0.3, -0.25) is 9.59 Å². The van der Waals surface area contributed by atoms with E-state index in [9.17, 15) is 9.59 Å². The Hall–Kier alpha value is -1.88. The van der Waals surface area contributed by atoms with Crippen molar-refractivity contribution in [2.45, 2.75) is 26.0 Å². The maximum Gasteiger partial charge on any atom is 0.308 e. The quantitative estimate of drug-likeness (QED) is 0.910. The van der Waals surface area contributed by atoms with E-state index < -0.39 is 11.9 Å². The molecule has 1 aliphatic rings. The van der Waals surface area contributed by atoms with Gasteiger partial charge in [0.15, 0.2) is 0 Å². The molecule has 1 N–H and O–H groups in total. The van der Waals surface area contributed by atoms with Gasteiger partial charge in [0.1, 0.15) is 0 Å². The van der Waals surface area contributed by atoms with Crippen LogP contribution in [0.5, 0.6) is 0 Å². The zero-order valence-electron chi connectivity index (χ0n) is 11.7. The molecule has 0 bridgehead atoms. The average molecular weight is 277 g/mol. The third kappa shape index (κ3) is 2.82. The number of hydrogen-bond donors (Lipinski definition) is 1. The molecular weight excluding hydrogens is 258 g/mol. The Bertz CT molecular complexity index is 497. The van der Waals surface area contributed by atoms with Crippen molar-refractivity contribution in [2.24, 2.45) is 5.92 Å². The molecule has 0 saturated carbocycles. The van der Waals surface area contributed by atoms with Gasteiger partial charge in [-0.25, -0.2) is 0 Å². The number of hydrogen-bond acceptors (Lipinski definition) is 3. The lowest BCUT2D eigenvalue weighted by molar-refractivity contribution is -0.142. The number of carboxylic acids is 1. The summed E-state index contributed by atoms with van der Waals surface area (Å²) in [5, 5.41) is 9.10. The summed E-state index contributed by atoms with van der Waals surface area (Å²) in [5.41, 5.74) is 1.59. The Balaban J connectivity index is 2.10. The molecule has 1 aliphatic heterocycles. The highest BCUT2D eigenvalue weighted by Crippen LogP contribution is 2.26. The zero-order valence-corrected chi connectivity index (χ0v) is 11.7. The van der Waals surface area contributed by atoms with Gasteiger partial charge in [0.25, 0.3) is 5.91 Å². The number of nitrogens with zero attached hydrogens (tertiary/aromatic N) is 1. The van der Waals surface area contributed by atoms with Gasteiger partial charge in [0.05, 0.1) is 12.5 Å². The van der Waals surface area contributed by atoms with Gasteiger partial charge in [-0.15, -0.1) is 0 Å². The van der Waals surface area contributed by atoms with Gasteiger partial charge in [-0.1, -0.05) is 12.1 Å². The highest BCUT2D eigenvalue weighted by atomic mass is 16.5. The van der Waals surface area contributed by atoms with Crippen LogP contribution >= 0.6 is 0 Å². The summed E-state index contributed by atoms with van der Waals surface area (Å²) in [4.78, 5) is 25.1. The molecule has 0 radical (unpaired) electrons. The lowest BCUT2D eigenvalue weighted by atomic mass is 10.0. The van der Waals surface area contributed by atoms with Crippen molar-refractivity contribution >= 4 is 11.9 Å². The monoisotopic (exact) mass is 277 g/mol. The number of carbonyl (C=O) groups excluding carboxylic acids is 1. The summed E-state index contributed by atoms with van der Waals surface area (Å²) in [6, 6.07) is 6.96. The van der Waals surface area contributed by atoms with Gasteiger partial charge < -0.3 is 14.7 Å². The minimum absolute atomic E-state index is 0.106. The second-order valence-corrected chi connectivity index (χ2v) is 5.10. The van der Waals surface area contributed by atoms with Crippen molar-refractivity contribution in [1.29, 1.82) is 0 Å². The van der Waals surface area contributed by atoms with Crippen LogP contribution in [0.25, 0.3) is 0 Å². The van der Waals surface area contributed by atoms with Crippen LogP contribution in [0.15, 0.2) is 24.3 Å². The number of aliphatic carboxylic acids is 1. The normalized spacial score (nSPS) is 22.0. The van der Waals surface area contributed by atoms with Crippen molar-refractivity contribution in [3.8, 4) is 0 Å². The first-order chi connectivity index (χ1) is 9.54. The third-order valence-corrected chi connectivity index (χ3v) is 3.84. The molecule has 0 spiro atoms. The molecule has 1 heterocycles. The predicted molar refractivity (Wildman–Crippen MR) is 73.4 cm³/mol. The number of methoxy groups -OCH3 is 1. The molecule has 2 unspecified atom stereocenters. The maximum atomic E-state index is 12.4. The lowest BCUT2D eigenvalue weighted by Crippen LogP contribution is -2.37. The van der Waals surface area contributed by atoms with E-state index >= 15 is 0 Å². The van der Waals surface area contributed by atoms with Crippen molar-refractivity contribution in [1.82, 2.24) is 4.90 Å². The van der Waals surface area contributed by atoms with E-state index in [1.807, 2.05) is 12.1 Å². The summed E-state index contributed by atoms with van der Waals surface area (Å²) in [6.45, 7) is 2.80. The van der Waals surface area contributed by atoms with E-state index in [1.54, 1.807) is 31.1 Å². The minimum Gasteiger partial charge on any atom is -0.481 e. The number of ether oxygens (including phenoxy) is 1. The smallest absolute Gasteiger partial charge is 0.308 e. The molecule has 0 aromatic heterocycles. The number of carboxylic acid groups (broad SMARTS) is 1. The molecule has 1 fully saturated rings. The van der Waals surface area contributed by atoms with Crippen LogP contribution in [0, 0.1) is 5.92 Å². The fourth-order valence-electron chi connectivity index (χ4n) is 2.63. The van der Waals surface area contributed by atoms with Gasteiger partial charge in [0, 0.05) is 25.3 Å². The average Bonchev–Trinajstić information content (AvgIpc) is 2.81. The first-order valence-electron chi connectivity index (χ1n) is 6.66. The highest BCUT2D eigenvalue weighted by Gasteiger charge is 2.38. The molecule has 2 rings (SSSR count). The Morgan fingerprint density at radius 3 is 2.50 bits per heavy atom. The Labute approximate surface area is 118 Å². The number of rotatable bonds is 4. The van der Waals surface area contributed by atoms with E-state index in [1.165, 1.54) is 0 Å². The van der Waals surface area contributed by atoms with Gasteiger partial charge in [0.2, 0.25) is 0 Å². The molecule has 1 amide bonds. The van der Waals surface area contributed by atoms with Crippen LogP contribution in [-0.2, 0) is 16.1 Å². The van der Waals surface area contributed by atoms with Crippen molar-refractivity contribution in [2.75, 3.05) is 13.7 Å². The Kier molecular flexibility index (Phi) is 4.39. The first kappa shape index (κ1) is 14.5. The van der Waals surface area contributed by atoms with E-state index in [-0.39, 0.29) is 11.9 Å². The number of likely N-dealkylation sites (tertiary alicyclic amines) is 1. The maximum absolute atomic E-state index is 12.4. The number of amides is 1. The van der Waals surface area contributed by atoms with Crippen molar-refractivity contribution in [3.63, 3.8) is 0 Å². The largest absolute Gasteiger partial charge is 0.481 e. The van der Waals surface area contributed by atoms with E-state index in [0.717, 1.165) is 5.56 Å². The zero-order chi connectivity index (χ0) is 14.7. The van der Waals surface area contributed by atoms with Crippen LogP contribution in [0.2, 0.25) is 0 Å². The molecule has 0 aliphatic carbocycles. The van der Waals surface area contributed by atoms with E-state index in [0.29, 0.717) is 25.1 Å². The van der Waals surface area contributed by atoms with E-state index in [4.69, 9.17) is 9.84 Å². The molecule has 1 aromatic carbocycles. The third-order valence-electron chi connectivity index (χ3n) is 3.84. The highest BCUT2D eigenvalue weighted by molar-refractivity contribution is 5.95. The van der Waals surface area contributed by atoms with Crippen LogP contribution < -0.4 is 0 Å². The topological polar surface area (TPSA) is 66.8 Å². The standard InChI is InChI=1S/C15H19NO4/c1-10-13(15(18)19)7-8-16(10)14(17)12-5-3-11(4-6-12)9-20-2/h3-6,10,13H,7-9H2,1-2H3,(H,18,19). The second kappa shape index (κ2) is 6.05. The molecule has 2 atom stereocenters. The van der Waals surface area contributed by atoms with Crippen LogP contribution in [0.3, 0.4) is 0 Å². The lowest BCUT2D eigenvalue weighted by Gasteiger charge is -2.23. The Morgan fingerprint density at radius 2 is 2.00 bits per heavy atom. The fraction of sp³-hybridized carbons (Fsp3) is 0.467. The summed E-state index contributed by atoms with van der Waals surface area (Å²) < 4.78 is 5.02. The van der Waals surface area contributed by atoms with Crippen molar-refractivity contribution < 1.29 is 19.4 Å². The van der Waals surface area contributed by atoms with Gasteiger partial charge in [-0.05, 0) is 31.0 Å². The van der Waals surface area contributed by atoms with Crippen LogP contribution in [0.4, 0.5) is 0 Å². The summed E-state index contributed by atoms with van der Waals surface area (Å²) >= 11 is 0.